The third-order valence-corrected chi connectivity index (χ3v) is 4.70. The SMILES string of the molecule is Cc1c(C(=O)N(C)CCN(C)C2CCCC2)ccn1C.O=CO. The lowest BCUT2D eigenvalue weighted by Crippen LogP contribution is -2.38. The predicted molar refractivity (Wildman–Crippen MR) is 90.7 cm³/mol. The minimum Gasteiger partial charge on any atom is -0.483 e. The standard InChI is InChI=1S/C16H27N3O.CH2O2/c1-13-15(9-10-17(13)2)16(20)19(4)12-11-18(3)14-7-5-6-8-14;2-1-3/h9-10,14H,5-8,11-12H2,1-4H3;1H,(H,2,3). The van der Waals surface area contributed by atoms with Crippen molar-refractivity contribution in [3.8, 4) is 0 Å². The highest BCUT2D eigenvalue weighted by atomic mass is 16.3. The fourth-order valence-electron chi connectivity index (χ4n) is 2.98. The van der Waals surface area contributed by atoms with E-state index >= 15 is 0 Å². The first-order valence-corrected chi connectivity index (χ1v) is 8.07. The maximum absolute atomic E-state index is 12.4. The van der Waals surface area contributed by atoms with Crippen molar-refractivity contribution in [2.24, 2.45) is 7.05 Å². The number of amides is 1. The summed E-state index contributed by atoms with van der Waals surface area (Å²) in [7, 11) is 6.05. The summed E-state index contributed by atoms with van der Waals surface area (Å²) in [5.41, 5.74) is 1.85. The molecule has 0 unspecified atom stereocenters. The second-order valence-electron chi connectivity index (χ2n) is 6.18. The highest BCUT2D eigenvalue weighted by molar-refractivity contribution is 5.95. The Morgan fingerprint density at radius 3 is 2.39 bits per heavy atom. The van der Waals surface area contributed by atoms with E-state index in [4.69, 9.17) is 9.90 Å². The first kappa shape index (κ1) is 19.2. The molecule has 23 heavy (non-hydrogen) atoms. The molecule has 0 atom stereocenters. The van der Waals surface area contributed by atoms with E-state index in [2.05, 4.69) is 11.9 Å². The molecule has 1 aromatic heterocycles. The number of carbonyl (C=O) groups is 2. The molecule has 0 aliphatic heterocycles. The molecule has 6 heteroatoms. The molecule has 130 valence electrons. The van der Waals surface area contributed by atoms with E-state index in [-0.39, 0.29) is 12.4 Å². The molecule has 1 aliphatic rings. The second kappa shape index (κ2) is 9.35. The molecule has 0 spiro atoms. The van der Waals surface area contributed by atoms with Gasteiger partial charge in [-0.05, 0) is 32.9 Å². The Bertz CT molecular complexity index is 507. The highest BCUT2D eigenvalue weighted by Crippen LogP contribution is 2.22. The number of rotatable bonds is 5. The molecule has 1 fully saturated rings. The number of likely N-dealkylation sites (N-methyl/N-ethyl adjacent to an activating group) is 2. The molecule has 0 saturated heterocycles. The van der Waals surface area contributed by atoms with Gasteiger partial charge >= 0.3 is 0 Å². The molecule has 6 nitrogen and oxygen atoms in total. The first-order chi connectivity index (χ1) is 10.9. The molecule has 0 radical (unpaired) electrons. The molecule has 2 rings (SSSR count). The number of hydrogen-bond donors (Lipinski definition) is 1. The Morgan fingerprint density at radius 1 is 1.35 bits per heavy atom. The average molecular weight is 323 g/mol. The summed E-state index contributed by atoms with van der Waals surface area (Å²) in [6.07, 6.45) is 7.28. The third kappa shape index (κ3) is 5.39. The summed E-state index contributed by atoms with van der Waals surface area (Å²) in [6, 6.07) is 2.63. The van der Waals surface area contributed by atoms with Gasteiger partial charge in [-0.25, -0.2) is 0 Å². The largest absolute Gasteiger partial charge is 0.483 e. The zero-order valence-corrected chi connectivity index (χ0v) is 14.7. The van der Waals surface area contributed by atoms with Gasteiger partial charge in [0.1, 0.15) is 0 Å². The van der Waals surface area contributed by atoms with Gasteiger partial charge < -0.3 is 19.5 Å². The molecule has 1 amide bonds. The van der Waals surface area contributed by atoms with Crippen LogP contribution in [0.5, 0.6) is 0 Å². The van der Waals surface area contributed by atoms with E-state index in [9.17, 15) is 4.79 Å². The van der Waals surface area contributed by atoms with Gasteiger partial charge in [-0.3, -0.25) is 9.59 Å². The lowest BCUT2D eigenvalue weighted by Gasteiger charge is -2.26. The first-order valence-electron chi connectivity index (χ1n) is 8.07. The van der Waals surface area contributed by atoms with Gasteiger partial charge in [-0.15, -0.1) is 0 Å². The number of carboxylic acid groups (broad SMARTS) is 1. The summed E-state index contributed by atoms with van der Waals surface area (Å²) < 4.78 is 1.99. The van der Waals surface area contributed by atoms with Crippen LogP contribution < -0.4 is 0 Å². The number of carbonyl (C=O) groups excluding carboxylic acids is 1. The van der Waals surface area contributed by atoms with Crippen molar-refractivity contribution >= 4 is 12.4 Å². The van der Waals surface area contributed by atoms with Crippen molar-refractivity contribution in [3.05, 3.63) is 23.5 Å². The van der Waals surface area contributed by atoms with Crippen molar-refractivity contribution < 1.29 is 14.7 Å². The van der Waals surface area contributed by atoms with Crippen LogP contribution in [0.4, 0.5) is 0 Å². The molecule has 1 aliphatic carbocycles. The van der Waals surface area contributed by atoms with Crippen molar-refractivity contribution in [3.63, 3.8) is 0 Å². The Kier molecular flexibility index (Phi) is 7.81. The van der Waals surface area contributed by atoms with Crippen LogP contribution in [0.15, 0.2) is 12.3 Å². The maximum Gasteiger partial charge on any atom is 0.290 e. The topological polar surface area (TPSA) is 65.8 Å². The Hall–Kier alpha value is -1.82. The summed E-state index contributed by atoms with van der Waals surface area (Å²) in [5, 5.41) is 6.89. The molecule has 0 aromatic carbocycles. The highest BCUT2D eigenvalue weighted by Gasteiger charge is 2.21. The third-order valence-electron chi connectivity index (χ3n) is 4.70. The van der Waals surface area contributed by atoms with E-state index in [1.54, 1.807) is 0 Å². The normalized spacial score (nSPS) is 14.5. The predicted octanol–water partition coefficient (Wildman–Crippen LogP) is 1.98. The van der Waals surface area contributed by atoms with Crippen LogP contribution in [0, 0.1) is 6.92 Å². The molecule has 0 bridgehead atoms. The van der Waals surface area contributed by atoms with Crippen molar-refractivity contribution in [1.29, 1.82) is 0 Å². The Labute approximate surface area is 138 Å². The summed E-state index contributed by atoms with van der Waals surface area (Å²) in [6.45, 7) is 3.49. The Balaban J connectivity index is 0.000000816. The van der Waals surface area contributed by atoms with Crippen LogP contribution in [0.1, 0.15) is 41.7 Å². The molecule has 1 saturated carbocycles. The van der Waals surface area contributed by atoms with E-state index in [0.29, 0.717) is 0 Å². The summed E-state index contributed by atoms with van der Waals surface area (Å²) in [5.74, 6) is 0.128. The quantitative estimate of drug-likeness (QED) is 0.842. The van der Waals surface area contributed by atoms with E-state index in [1.165, 1.54) is 25.7 Å². The van der Waals surface area contributed by atoms with Crippen LogP contribution in [-0.2, 0) is 11.8 Å². The van der Waals surface area contributed by atoms with Gasteiger partial charge in [0, 0.05) is 45.1 Å². The van der Waals surface area contributed by atoms with Crippen LogP contribution in [-0.4, -0.2) is 65.1 Å². The minimum absolute atomic E-state index is 0.128. The smallest absolute Gasteiger partial charge is 0.290 e. The lowest BCUT2D eigenvalue weighted by atomic mass is 10.2. The maximum atomic E-state index is 12.4. The fourth-order valence-corrected chi connectivity index (χ4v) is 2.98. The van der Waals surface area contributed by atoms with Crippen LogP contribution in [0.25, 0.3) is 0 Å². The van der Waals surface area contributed by atoms with Crippen molar-refractivity contribution in [2.45, 2.75) is 38.6 Å². The average Bonchev–Trinajstić information content (AvgIpc) is 3.16. The van der Waals surface area contributed by atoms with Gasteiger partial charge in [0.05, 0.1) is 5.56 Å². The van der Waals surface area contributed by atoms with Gasteiger partial charge in [-0.1, -0.05) is 12.8 Å². The van der Waals surface area contributed by atoms with Gasteiger partial charge in [0.15, 0.2) is 0 Å². The Morgan fingerprint density at radius 2 is 1.91 bits per heavy atom. The second-order valence-corrected chi connectivity index (χ2v) is 6.18. The van der Waals surface area contributed by atoms with Crippen LogP contribution >= 0.6 is 0 Å². The molecule has 1 aromatic rings. The fraction of sp³-hybridized carbons (Fsp3) is 0.647. The van der Waals surface area contributed by atoms with Crippen molar-refractivity contribution in [2.75, 3.05) is 27.2 Å². The van der Waals surface area contributed by atoms with Gasteiger partial charge in [-0.2, -0.15) is 0 Å². The van der Waals surface area contributed by atoms with Crippen LogP contribution in [0.2, 0.25) is 0 Å². The van der Waals surface area contributed by atoms with E-state index < -0.39 is 0 Å². The van der Waals surface area contributed by atoms with E-state index in [1.807, 2.05) is 42.7 Å². The summed E-state index contributed by atoms with van der Waals surface area (Å²) >= 11 is 0. The molecular weight excluding hydrogens is 294 g/mol. The summed E-state index contributed by atoms with van der Waals surface area (Å²) in [4.78, 5) is 25.0. The molecule has 1 heterocycles. The molecule has 1 N–H and O–H groups in total. The monoisotopic (exact) mass is 323 g/mol. The van der Waals surface area contributed by atoms with Crippen LogP contribution in [0.3, 0.4) is 0 Å². The number of aromatic nitrogens is 1. The van der Waals surface area contributed by atoms with Gasteiger partial charge in [0.25, 0.3) is 12.4 Å². The number of nitrogens with zero attached hydrogens (tertiary/aromatic N) is 3. The molecular formula is C17H29N3O3. The number of aryl methyl sites for hydroxylation is 1. The number of hydrogen-bond acceptors (Lipinski definition) is 3. The van der Waals surface area contributed by atoms with Gasteiger partial charge in [0.2, 0.25) is 0 Å². The zero-order chi connectivity index (χ0) is 17.4. The zero-order valence-electron chi connectivity index (χ0n) is 14.7. The minimum atomic E-state index is -0.250. The lowest BCUT2D eigenvalue weighted by molar-refractivity contribution is -0.122. The van der Waals surface area contributed by atoms with E-state index in [0.717, 1.165) is 30.4 Å². The van der Waals surface area contributed by atoms with Crippen molar-refractivity contribution in [1.82, 2.24) is 14.4 Å².